The lowest BCUT2D eigenvalue weighted by Crippen LogP contribution is -2.48. The zero-order valence-electron chi connectivity index (χ0n) is 18.4. The fourth-order valence-electron chi connectivity index (χ4n) is 4.46. The molecule has 2 aliphatic heterocycles. The van der Waals surface area contributed by atoms with Gasteiger partial charge in [0.1, 0.15) is 0 Å². The van der Waals surface area contributed by atoms with E-state index in [1.165, 1.54) is 5.56 Å². The minimum atomic E-state index is -0.238. The molecule has 1 N–H and O–H groups in total. The molecule has 2 aromatic rings. The van der Waals surface area contributed by atoms with Crippen LogP contribution in [0, 0.1) is 5.92 Å². The van der Waals surface area contributed by atoms with Crippen LogP contribution in [0.5, 0.6) is 0 Å². The maximum Gasteiger partial charge on any atom is 0.225 e. The summed E-state index contributed by atoms with van der Waals surface area (Å²) in [7, 11) is 0. The van der Waals surface area contributed by atoms with E-state index in [4.69, 9.17) is 11.6 Å². The number of benzene rings is 2. The first kappa shape index (κ1) is 22.6. The Balaban J connectivity index is 1.14. The average molecular weight is 455 g/mol. The number of carbonyl (C=O) groups is 2. The Labute approximate surface area is 195 Å². The van der Waals surface area contributed by atoms with E-state index in [1.54, 1.807) is 0 Å². The molecule has 0 bridgehead atoms. The van der Waals surface area contributed by atoms with Crippen LogP contribution in [-0.4, -0.2) is 74.0 Å². The van der Waals surface area contributed by atoms with Crippen molar-refractivity contribution in [1.29, 1.82) is 0 Å². The highest BCUT2D eigenvalue weighted by molar-refractivity contribution is 6.30. The number of likely N-dealkylation sites (tertiary alicyclic amines) is 1. The lowest BCUT2D eigenvalue weighted by atomic mass is 10.1. The second-order valence-corrected chi connectivity index (χ2v) is 9.01. The summed E-state index contributed by atoms with van der Waals surface area (Å²) in [5.41, 5.74) is 2.37. The van der Waals surface area contributed by atoms with Gasteiger partial charge >= 0.3 is 0 Å². The Hall–Kier alpha value is -2.57. The maximum atomic E-state index is 12.6. The number of anilines is 1. The van der Waals surface area contributed by atoms with Gasteiger partial charge in [-0.3, -0.25) is 14.5 Å². The summed E-state index contributed by atoms with van der Waals surface area (Å²) in [6.45, 7) is 6.44. The van der Waals surface area contributed by atoms with Crippen molar-refractivity contribution in [2.75, 3.05) is 57.3 Å². The number of nitrogens with zero attached hydrogens (tertiary/aromatic N) is 3. The van der Waals surface area contributed by atoms with Crippen molar-refractivity contribution in [1.82, 2.24) is 15.1 Å². The second kappa shape index (κ2) is 10.8. The molecule has 0 aliphatic carbocycles. The van der Waals surface area contributed by atoms with Gasteiger partial charge in [-0.1, -0.05) is 48.0 Å². The van der Waals surface area contributed by atoms with Crippen molar-refractivity contribution in [2.24, 2.45) is 5.92 Å². The van der Waals surface area contributed by atoms with Crippen molar-refractivity contribution >= 4 is 29.1 Å². The van der Waals surface area contributed by atoms with Gasteiger partial charge in [-0.15, -0.1) is 0 Å². The third kappa shape index (κ3) is 6.02. The Kier molecular flexibility index (Phi) is 7.66. The number of piperazine rings is 1. The topological polar surface area (TPSA) is 55.9 Å². The van der Waals surface area contributed by atoms with E-state index in [-0.39, 0.29) is 17.7 Å². The van der Waals surface area contributed by atoms with Crippen LogP contribution in [0.25, 0.3) is 0 Å². The van der Waals surface area contributed by atoms with Gasteiger partial charge in [-0.2, -0.15) is 0 Å². The Morgan fingerprint density at radius 2 is 1.78 bits per heavy atom. The van der Waals surface area contributed by atoms with Gasteiger partial charge in [0.2, 0.25) is 11.8 Å². The third-order valence-electron chi connectivity index (χ3n) is 6.37. The van der Waals surface area contributed by atoms with E-state index < -0.39 is 0 Å². The van der Waals surface area contributed by atoms with Crippen LogP contribution in [0.2, 0.25) is 5.02 Å². The maximum absolute atomic E-state index is 12.6. The van der Waals surface area contributed by atoms with Gasteiger partial charge in [-0.05, 0) is 30.2 Å². The Bertz CT molecular complexity index is 915. The van der Waals surface area contributed by atoms with Crippen molar-refractivity contribution in [3.8, 4) is 0 Å². The molecule has 2 fully saturated rings. The van der Waals surface area contributed by atoms with Gasteiger partial charge in [-0.25, -0.2) is 0 Å². The summed E-state index contributed by atoms with van der Waals surface area (Å²) in [5.74, 6) is -0.158. The minimum Gasteiger partial charge on any atom is -0.369 e. The van der Waals surface area contributed by atoms with Crippen LogP contribution in [-0.2, 0) is 16.0 Å². The highest BCUT2D eigenvalue weighted by Crippen LogP contribution is 2.21. The van der Waals surface area contributed by atoms with E-state index in [1.807, 2.05) is 41.3 Å². The summed E-state index contributed by atoms with van der Waals surface area (Å²) in [6, 6.07) is 18.1. The van der Waals surface area contributed by atoms with E-state index in [9.17, 15) is 9.59 Å². The summed E-state index contributed by atoms with van der Waals surface area (Å²) < 4.78 is 0. The largest absolute Gasteiger partial charge is 0.369 e. The van der Waals surface area contributed by atoms with Crippen LogP contribution in [0.1, 0.15) is 12.0 Å². The Morgan fingerprint density at radius 3 is 2.53 bits per heavy atom. The molecule has 0 aromatic heterocycles. The first-order valence-electron chi connectivity index (χ1n) is 11.4. The number of rotatable bonds is 8. The van der Waals surface area contributed by atoms with Gasteiger partial charge in [0, 0.05) is 69.5 Å². The molecule has 4 rings (SSSR count). The summed E-state index contributed by atoms with van der Waals surface area (Å²) >= 11 is 6.11. The minimum absolute atomic E-state index is 0.00174. The molecular formula is C25H31ClN4O2. The van der Waals surface area contributed by atoms with Crippen molar-refractivity contribution in [2.45, 2.75) is 12.8 Å². The normalized spacial score (nSPS) is 19.4. The first-order valence-corrected chi connectivity index (χ1v) is 11.8. The summed E-state index contributed by atoms with van der Waals surface area (Å²) in [6.07, 6.45) is 1.14. The molecule has 2 heterocycles. The highest BCUT2D eigenvalue weighted by Gasteiger charge is 2.33. The first-order chi connectivity index (χ1) is 15.6. The molecule has 6 nitrogen and oxygen atoms in total. The molecule has 1 atom stereocenters. The van der Waals surface area contributed by atoms with Crippen molar-refractivity contribution < 1.29 is 9.59 Å². The van der Waals surface area contributed by atoms with E-state index in [2.05, 4.69) is 33.3 Å². The molecule has 0 unspecified atom stereocenters. The third-order valence-corrected chi connectivity index (χ3v) is 6.61. The van der Waals surface area contributed by atoms with Crippen LogP contribution in [0.4, 0.5) is 5.69 Å². The molecule has 170 valence electrons. The highest BCUT2D eigenvalue weighted by atomic mass is 35.5. The van der Waals surface area contributed by atoms with Crippen LogP contribution in [0.15, 0.2) is 54.6 Å². The number of amides is 2. The van der Waals surface area contributed by atoms with Crippen LogP contribution < -0.4 is 10.2 Å². The predicted octanol–water partition coefficient (Wildman–Crippen LogP) is 2.67. The van der Waals surface area contributed by atoms with E-state index in [0.717, 1.165) is 49.9 Å². The lowest BCUT2D eigenvalue weighted by molar-refractivity contribution is -0.129. The Morgan fingerprint density at radius 1 is 1.00 bits per heavy atom. The van der Waals surface area contributed by atoms with E-state index in [0.29, 0.717) is 26.1 Å². The fraction of sp³-hybridized carbons (Fsp3) is 0.440. The smallest absolute Gasteiger partial charge is 0.225 e. The van der Waals surface area contributed by atoms with Crippen LogP contribution in [0.3, 0.4) is 0 Å². The van der Waals surface area contributed by atoms with Gasteiger partial charge < -0.3 is 15.1 Å². The number of hydrogen-bond donors (Lipinski definition) is 1. The molecule has 0 saturated carbocycles. The molecule has 7 heteroatoms. The van der Waals surface area contributed by atoms with Gasteiger partial charge in [0.15, 0.2) is 0 Å². The van der Waals surface area contributed by atoms with Gasteiger partial charge in [0.05, 0.1) is 5.92 Å². The number of nitrogens with one attached hydrogen (secondary N) is 1. The molecule has 32 heavy (non-hydrogen) atoms. The SMILES string of the molecule is O=C(NCCN1CCN(c2cccc(Cl)c2)CC1)[C@H]1CC(=O)N(CCc2ccccc2)C1. The van der Waals surface area contributed by atoms with Crippen molar-refractivity contribution in [3.63, 3.8) is 0 Å². The quantitative estimate of drug-likeness (QED) is 0.666. The standard InChI is InChI=1S/C25H31ClN4O2/c26-22-7-4-8-23(18-22)29-15-13-28(14-16-29)12-10-27-25(32)21-17-24(31)30(19-21)11-9-20-5-2-1-3-6-20/h1-8,18,21H,9-17,19H2,(H,27,32)/t21-/m0/s1. The summed E-state index contributed by atoms with van der Waals surface area (Å²) in [4.78, 5) is 31.5. The lowest BCUT2D eigenvalue weighted by Gasteiger charge is -2.36. The molecule has 0 radical (unpaired) electrons. The molecule has 2 saturated heterocycles. The molecule has 0 spiro atoms. The molecule has 2 aliphatic rings. The average Bonchev–Trinajstić information content (AvgIpc) is 3.19. The van der Waals surface area contributed by atoms with Crippen molar-refractivity contribution in [3.05, 3.63) is 65.2 Å². The zero-order valence-corrected chi connectivity index (χ0v) is 19.1. The molecule has 2 aromatic carbocycles. The van der Waals surface area contributed by atoms with Crippen LogP contribution >= 0.6 is 11.6 Å². The molecule has 2 amide bonds. The van der Waals surface area contributed by atoms with Gasteiger partial charge in [0.25, 0.3) is 0 Å². The predicted molar refractivity (Wildman–Crippen MR) is 128 cm³/mol. The second-order valence-electron chi connectivity index (χ2n) is 8.58. The summed E-state index contributed by atoms with van der Waals surface area (Å²) in [5, 5.41) is 3.81. The monoisotopic (exact) mass is 454 g/mol. The number of hydrogen-bond acceptors (Lipinski definition) is 4. The molecular weight excluding hydrogens is 424 g/mol. The van der Waals surface area contributed by atoms with E-state index >= 15 is 0 Å². The number of halogens is 1. The number of carbonyl (C=O) groups excluding carboxylic acids is 2. The zero-order chi connectivity index (χ0) is 22.3. The fourth-order valence-corrected chi connectivity index (χ4v) is 4.64.